The Balaban J connectivity index is 2.14. The molecule has 0 saturated heterocycles. The van der Waals surface area contributed by atoms with E-state index in [9.17, 15) is 0 Å². The fraction of sp³-hybridized carbons (Fsp3) is 0.176. The summed E-state index contributed by atoms with van der Waals surface area (Å²) >= 11 is 0. The molecule has 1 aromatic carbocycles. The zero-order valence-electron chi connectivity index (χ0n) is 11.0. The van der Waals surface area contributed by atoms with E-state index in [1.165, 1.54) is 11.1 Å². The molecule has 0 atom stereocenters. The molecule has 0 radical (unpaired) electrons. The van der Waals surface area contributed by atoms with Crippen molar-refractivity contribution in [2.24, 2.45) is 0 Å². The van der Waals surface area contributed by atoms with E-state index in [1.54, 1.807) is 0 Å². The summed E-state index contributed by atoms with van der Waals surface area (Å²) in [5.41, 5.74) is 4.48. The molecule has 94 valence electrons. The van der Waals surface area contributed by atoms with Crippen molar-refractivity contribution < 1.29 is 8.83 Å². The van der Waals surface area contributed by atoms with Gasteiger partial charge in [-0.3, -0.25) is 0 Å². The standard InChI is InChI=1S/C17H14O2/c1-10-7-8-15-16(17-13(10)9-11(2)18-17)12-5-3-4-6-14(12)19-15/h3-7,9H,8H2,1-2H3. The number of para-hydroxylation sites is 1. The molecule has 0 unspecified atom stereocenters. The van der Waals surface area contributed by atoms with Crippen LogP contribution < -0.4 is 0 Å². The molecule has 2 heterocycles. The predicted octanol–water partition coefficient (Wildman–Crippen LogP) is 4.96. The van der Waals surface area contributed by atoms with Gasteiger partial charge in [0.2, 0.25) is 0 Å². The third-order valence-corrected chi connectivity index (χ3v) is 3.77. The Kier molecular flexibility index (Phi) is 2.05. The van der Waals surface area contributed by atoms with Crippen LogP contribution in [0, 0.1) is 6.92 Å². The van der Waals surface area contributed by atoms with Crippen LogP contribution in [0.25, 0.3) is 27.9 Å². The normalized spacial score (nSPS) is 13.9. The van der Waals surface area contributed by atoms with Gasteiger partial charge in [-0.1, -0.05) is 24.3 Å². The van der Waals surface area contributed by atoms with E-state index in [2.05, 4.69) is 25.1 Å². The molecular formula is C17H14O2. The maximum absolute atomic E-state index is 5.98. The summed E-state index contributed by atoms with van der Waals surface area (Å²) in [5.74, 6) is 2.88. The van der Waals surface area contributed by atoms with Crippen molar-refractivity contribution in [1.29, 1.82) is 0 Å². The van der Waals surface area contributed by atoms with Crippen molar-refractivity contribution in [3.05, 3.63) is 53.5 Å². The lowest BCUT2D eigenvalue weighted by Crippen LogP contribution is -1.80. The lowest BCUT2D eigenvalue weighted by atomic mass is 10.0. The van der Waals surface area contributed by atoms with Gasteiger partial charge in [0, 0.05) is 17.4 Å². The van der Waals surface area contributed by atoms with Crippen LogP contribution in [0.1, 0.15) is 24.0 Å². The molecule has 0 amide bonds. The van der Waals surface area contributed by atoms with Crippen molar-refractivity contribution in [2.75, 3.05) is 0 Å². The van der Waals surface area contributed by atoms with Crippen LogP contribution in [0.3, 0.4) is 0 Å². The lowest BCUT2D eigenvalue weighted by Gasteiger charge is -1.99. The zero-order valence-corrected chi connectivity index (χ0v) is 11.0. The lowest BCUT2D eigenvalue weighted by molar-refractivity contribution is 0.538. The minimum atomic E-state index is 0.819. The second kappa shape index (κ2) is 3.64. The molecule has 0 saturated carbocycles. The molecule has 2 nitrogen and oxygen atoms in total. The Morgan fingerprint density at radius 2 is 1.89 bits per heavy atom. The van der Waals surface area contributed by atoms with Crippen LogP contribution in [-0.4, -0.2) is 0 Å². The monoisotopic (exact) mass is 250 g/mol. The van der Waals surface area contributed by atoms with E-state index in [1.807, 2.05) is 25.1 Å². The number of benzene rings is 1. The first kappa shape index (κ1) is 10.7. The number of hydrogen-bond donors (Lipinski definition) is 0. The number of fused-ring (bicyclic) bond motifs is 5. The van der Waals surface area contributed by atoms with Gasteiger partial charge >= 0.3 is 0 Å². The maximum atomic E-state index is 5.98. The highest BCUT2D eigenvalue weighted by atomic mass is 16.4. The number of furan rings is 2. The van der Waals surface area contributed by atoms with Gasteiger partial charge in [0.05, 0.1) is 5.56 Å². The summed E-state index contributed by atoms with van der Waals surface area (Å²) in [6.07, 6.45) is 3.03. The molecule has 1 aliphatic carbocycles. The third-order valence-electron chi connectivity index (χ3n) is 3.77. The molecule has 0 spiro atoms. The van der Waals surface area contributed by atoms with Crippen LogP contribution in [0.15, 0.2) is 45.2 Å². The Hall–Kier alpha value is -2.22. The smallest absolute Gasteiger partial charge is 0.145 e. The molecule has 0 bridgehead atoms. The van der Waals surface area contributed by atoms with Gasteiger partial charge in [0.1, 0.15) is 22.9 Å². The van der Waals surface area contributed by atoms with Crippen LogP contribution in [-0.2, 0) is 6.42 Å². The van der Waals surface area contributed by atoms with Gasteiger partial charge in [-0.05, 0) is 31.6 Å². The summed E-state index contributed by atoms with van der Waals surface area (Å²) in [6.45, 7) is 4.12. The quantitative estimate of drug-likeness (QED) is 0.563. The number of hydrogen-bond acceptors (Lipinski definition) is 2. The molecule has 4 rings (SSSR count). The summed E-state index contributed by atoms with van der Waals surface area (Å²) < 4.78 is 11.9. The summed E-state index contributed by atoms with van der Waals surface area (Å²) in [7, 11) is 0. The van der Waals surface area contributed by atoms with Crippen molar-refractivity contribution in [3.8, 4) is 11.3 Å². The van der Waals surface area contributed by atoms with Gasteiger partial charge in [-0.15, -0.1) is 0 Å². The molecule has 2 heteroatoms. The average Bonchev–Trinajstić information content (AvgIpc) is 2.92. The second-order valence-corrected chi connectivity index (χ2v) is 5.09. The number of aryl methyl sites for hydroxylation is 1. The first-order chi connectivity index (χ1) is 9.24. The van der Waals surface area contributed by atoms with E-state index in [0.717, 1.165) is 40.2 Å². The van der Waals surface area contributed by atoms with E-state index >= 15 is 0 Å². The Morgan fingerprint density at radius 1 is 1.05 bits per heavy atom. The largest absolute Gasteiger partial charge is 0.461 e. The molecule has 2 aromatic heterocycles. The van der Waals surface area contributed by atoms with E-state index < -0.39 is 0 Å². The molecule has 0 N–H and O–H groups in total. The van der Waals surface area contributed by atoms with Gasteiger partial charge in [0.15, 0.2) is 0 Å². The molecule has 0 fully saturated rings. The number of allylic oxidation sites excluding steroid dienone is 2. The van der Waals surface area contributed by atoms with Crippen LogP contribution in [0.5, 0.6) is 0 Å². The first-order valence-corrected chi connectivity index (χ1v) is 6.52. The van der Waals surface area contributed by atoms with Crippen molar-refractivity contribution in [1.82, 2.24) is 0 Å². The second-order valence-electron chi connectivity index (χ2n) is 5.09. The van der Waals surface area contributed by atoms with Crippen LogP contribution >= 0.6 is 0 Å². The van der Waals surface area contributed by atoms with Crippen LogP contribution in [0.4, 0.5) is 0 Å². The number of rotatable bonds is 0. The molecule has 1 aliphatic rings. The SMILES string of the molecule is CC1=CCc2oc3ccccc3c2-c2oc(C)cc21. The van der Waals surface area contributed by atoms with Crippen molar-refractivity contribution >= 4 is 16.5 Å². The van der Waals surface area contributed by atoms with Crippen molar-refractivity contribution in [2.45, 2.75) is 20.3 Å². The van der Waals surface area contributed by atoms with Gasteiger partial charge in [-0.25, -0.2) is 0 Å². The summed E-state index contributed by atoms with van der Waals surface area (Å²) in [5, 5.41) is 1.14. The molecule has 19 heavy (non-hydrogen) atoms. The van der Waals surface area contributed by atoms with E-state index in [-0.39, 0.29) is 0 Å². The third kappa shape index (κ3) is 1.43. The Labute approximate surface area is 111 Å². The molecule has 3 aromatic rings. The van der Waals surface area contributed by atoms with Crippen LogP contribution in [0.2, 0.25) is 0 Å². The first-order valence-electron chi connectivity index (χ1n) is 6.52. The summed E-state index contributed by atoms with van der Waals surface area (Å²) in [6, 6.07) is 10.3. The van der Waals surface area contributed by atoms with Gasteiger partial charge in [-0.2, -0.15) is 0 Å². The fourth-order valence-electron chi connectivity index (χ4n) is 2.84. The minimum Gasteiger partial charge on any atom is -0.461 e. The zero-order chi connectivity index (χ0) is 13.0. The van der Waals surface area contributed by atoms with Gasteiger partial charge < -0.3 is 8.83 Å². The van der Waals surface area contributed by atoms with Crippen molar-refractivity contribution in [3.63, 3.8) is 0 Å². The molecular weight excluding hydrogens is 236 g/mol. The Bertz CT molecular complexity index is 815. The highest BCUT2D eigenvalue weighted by molar-refractivity contribution is 5.98. The highest BCUT2D eigenvalue weighted by Gasteiger charge is 2.24. The summed E-state index contributed by atoms with van der Waals surface area (Å²) in [4.78, 5) is 0. The highest BCUT2D eigenvalue weighted by Crippen LogP contribution is 2.42. The topological polar surface area (TPSA) is 26.3 Å². The van der Waals surface area contributed by atoms with E-state index in [0.29, 0.717) is 0 Å². The Morgan fingerprint density at radius 3 is 2.79 bits per heavy atom. The predicted molar refractivity (Wildman–Crippen MR) is 76.0 cm³/mol. The van der Waals surface area contributed by atoms with E-state index in [4.69, 9.17) is 8.83 Å². The fourth-order valence-corrected chi connectivity index (χ4v) is 2.84. The average molecular weight is 250 g/mol. The molecule has 0 aliphatic heterocycles. The maximum Gasteiger partial charge on any atom is 0.145 e. The minimum absolute atomic E-state index is 0.819. The van der Waals surface area contributed by atoms with Gasteiger partial charge in [0.25, 0.3) is 0 Å².